The van der Waals surface area contributed by atoms with Gasteiger partial charge in [-0.3, -0.25) is 0 Å². The largest absolute Gasteiger partial charge is 0.381 e. The monoisotopic (exact) mass is 237 g/mol. The van der Waals surface area contributed by atoms with Crippen molar-refractivity contribution < 1.29 is 4.74 Å². The highest BCUT2D eigenvalue weighted by Gasteiger charge is 2.16. The number of aromatic nitrogens is 2. The van der Waals surface area contributed by atoms with E-state index in [1.807, 2.05) is 6.92 Å². The summed E-state index contributed by atoms with van der Waals surface area (Å²) in [5, 5.41) is 3.40. The fraction of sp³-hybridized carbons (Fsp3) is 0.769. The van der Waals surface area contributed by atoms with Gasteiger partial charge in [-0.25, -0.2) is 4.98 Å². The molecule has 1 aromatic rings. The van der Waals surface area contributed by atoms with Gasteiger partial charge in [0.1, 0.15) is 0 Å². The lowest BCUT2D eigenvalue weighted by Gasteiger charge is -2.23. The van der Waals surface area contributed by atoms with Gasteiger partial charge < -0.3 is 14.6 Å². The van der Waals surface area contributed by atoms with Gasteiger partial charge in [-0.05, 0) is 39.5 Å². The molecule has 4 heteroatoms. The van der Waals surface area contributed by atoms with Crippen molar-refractivity contribution in [2.24, 2.45) is 5.92 Å². The molecule has 2 rings (SSSR count). The molecule has 0 aromatic carbocycles. The van der Waals surface area contributed by atoms with Crippen LogP contribution in [0.3, 0.4) is 0 Å². The Balaban J connectivity index is 2.02. The van der Waals surface area contributed by atoms with Crippen LogP contribution in [0.4, 0.5) is 5.95 Å². The number of hydrogen-bond acceptors (Lipinski definition) is 3. The van der Waals surface area contributed by atoms with Gasteiger partial charge in [0.05, 0.1) is 5.69 Å². The number of aryl methyl sites for hydroxylation is 1. The lowest BCUT2D eigenvalue weighted by molar-refractivity contribution is 0.0614. The molecule has 4 nitrogen and oxygen atoms in total. The molecule has 17 heavy (non-hydrogen) atoms. The Labute approximate surface area is 103 Å². The molecule has 0 amide bonds. The van der Waals surface area contributed by atoms with Crippen LogP contribution >= 0.6 is 0 Å². The molecule has 0 unspecified atom stereocenters. The van der Waals surface area contributed by atoms with E-state index in [2.05, 4.69) is 34.9 Å². The molecule has 96 valence electrons. The van der Waals surface area contributed by atoms with Gasteiger partial charge in [0.15, 0.2) is 0 Å². The number of anilines is 1. The normalized spacial score (nSPS) is 17.6. The molecule has 1 aliphatic rings. The first-order valence-corrected chi connectivity index (χ1v) is 6.53. The summed E-state index contributed by atoms with van der Waals surface area (Å²) < 4.78 is 7.65. The maximum atomic E-state index is 5.40. The molecule has 1 fully saturated rings. The molecular formula is C13H23N3O. The standard InChI is InChI=1S/C13H23N3O/c1-10(2)14-13-15-11(3)8-16(13)9-12-4-6-17-7-5-12/h8,10,12H,4-7,9H2,1-3H3,(H,14,15). The van der Waals surface area contributed by atoms with E-state index in [1.165, 1.54) is 12.8 Å². The fourth-order valence-electron chi connectivity index (χ4n) is 2.27. The second kappa shape index (κ2) is 5.54. The van der Waals surface area contributed by atoms with Crippen molar-refractivity contribution in [2.75, 3.05) is 18.5 Å². The third-order valence-electron chi connectivity index (χ3n) is 3.11. The maximum Gasteiger partial charge on any atom is 0.203 e. The number of hydrogen-bond donors (Lipinski definition) is 1. The Kier molecular flexibility index (Phi) is 4.05. The Morgan fingerprint density at radius 1 is 1.47 bits per heavy atom. The Bertz CT molecular complexity index is 354. The second-order valence-electron chi connectivity index (χ2n) is 5.21. The van der Waals surface area contributed by atoms with Crippen LogP contribution in [-0.2, 0) is 11.3 Å². The van der Waals surface area contributed by atoms with Crippen LogP contribution in [0.5, 0.6) is 0 Å². The van der Waals surface area contributed by atoms with E-state index < -0.39 is 0 Å². The average Bonchev–Trinajstić information content (AvgIpc) is 2.59. The first-order valence-electron chi connectivity index (χ1n) is 6.53. The van der Waals surface area contributed by atoms with Crippen molar-refractivity contribution in [2.45, 2.75) is 46.2 Å². The van der Waals surface area contributed by atoms with E-state index in [0.717, 1.165) is 37.3 Å². The van der Waals surface area contributed by atoms with Gasteiger partial charge in [-0.2, -0.15) is 0 Å². The summed E-state index contributed by atoms with van der Waals surface area (Å²) in [6, 6.07) is 0.422. The second-order valence-corrected chi connectivity index (χ2v) is 5.21. The molecule has 0 spiro atoms. The van der Waals surface area contributed by atoms with Crippen molar-refractivity contribution >= 4 is 5.95 Å². The number of rotatable bonds is 4. The van der Waals surface area contributed by atoms with Crippen LogP contribution < -0.4 is 5.32 Å². The topological polar surface area (TPSA) is 39.1 Å². The molecule has 1 aliphatic heterocycles. The minimum absolute atomic E-state index is 0.422. The van der Waals surface area contributed by atoms with Gasteiger partial charge >= 0.3 is 0 Å². The van der Waals surface area contributed by atoms with Crippen molar-refractivity contribution in [1.82, 2.24) is 9.55 Å². The van der Waals surface area contributed by atoms with Crippen LogP contribution in [-0.4, -0.2) is 28.8 Å². The van der Waals surface area contributed by atoms with E-state index >= 15 is 0 Å². The molecule has 1 aromatic heterocycles. The summed E-state index contributed by atoms with van der Waals surface area (Å²) in [4.78, 5) is 4.54. The minimum atomic E-state index is 0.422. The minimum Gasteiger partial charge on any atom is -0.381 e. The highest BCUT2D eigenvalue weighted by Crippen LogP contribution is 2.20. The van der Waals surface area contributed by atoms with Crippen LogP contribution in [0.25, 0.3) is 0 Å². The van der Waals surface area contributed by atoms with E-state index in [4.69, 9.17) is 4.74 Å². The molecule has 0 radical (unpaired) electrons. The van der Waals surface area contributed by atoms with Crippen molar-refractivity contribution in [3.63, 3.8) is 0 Å². The summed E-state index contributed by atoms with van der Waals surface area (Å²) in [6.45, 7) is 9.20. The van der Waals surface area contributed by atoms with Crippen LogP contribution in [0.1, 0.15) is 32.4 Å². The van der Waals surface area contributed by atoms with E-state index in [0.29, 0.717) is 6.04 Å². The Hall–Kier alpha value is -1.03. The predicted octanol–water partition coefficient (Wildman–Crippen LogP) is 2.44. The van der Waals surface area contributed by atoms with Crippen molar-refractivity contribution in [1.29, 1.82) is 0 Å². The number of imidazole rings is 1. The molecule has 2 heterocycles. The van der Waals surface area contributed by atoms with E-state index in [-0.39, 0.29) is 0 Å². The van der Waals surface area contributed by atoms with Crippen LogP contribution in [0.2, 0.25) is 0 Å². The maximum absolute atomic E-state index is 5.40. The van der Waals surface area contributed by atoms with Gasteiger partial charge in [0, 0.05) is 32.0 Å². The summed E-state index contributed by atoms with van der Waals surface area (Å²) in [6.07, 6.45) is 4.47. The molecule has 0 aliphatic carbocycles. The van der Waals surface area contributed by atoms with Gasteiger partial charge in [0.2, 0.25) is 5.95 Å². The predicted molar refractivity (Wildman–Crippen MR) is 69.3 cm³/mol. The van der Waals surface area contributed by atoms with E-state index in [1.54, 1.807) is 0 Å². The summed E-state index contributed by atoms with van der Waals surface area (Å²) in [5.41, 5.74) is 1.08. The summed E-state index contributed by atoms with van der Waals surface area (Å²) >= 11 is 0. The molecule has 0 saturated carbocycles. The van der Waals surface area contributed by atoms with Crippen LogP contribution in [0, 0.1) is 12.8 Å². The number of nitrogens with one attached hydrogen (secondary N) is 1. The lowest BCUT2D eigenvalue weighted by Crippen LogP contribution is -2.22. The zero-order valence-electron chi connectivity index (χ0n) is 11.1. The molecule has 1 saturated heterocycles. The number of ether oxygens (including phenoxy) is 1. The third kappa shape index (κ3) is 3.46. The first kappa shape index (κ1) is 12.4. The zero-order valence-corrected chi connectivity index (χ0v) is 11.1. The highest BCUT2D eigenvalue weighted by atomic mass is 16.5. The zero-order chi connectivity index (χ0) is 12.3. The van der Waals surface area contributed by atoms with Gasteiger partial charge in [-0.15, -0.1) is 0 Å². The summed E-state index contributed by atoms with van der Waals surface area (Å²) in [7, 11) is 0. The first-order chi connectivity index (χ1) is 8.15. The van der Waals surface area contributed by atoms with Crippen LogP contribution in [0.15, 0.2) is 6.20 Å². The SMILES string of the molecule is Cc1cn(CC2CCOCC2)c(NC(C)C)n1. The highest BCUT2D eigenvalue weighted by molar-refractivity contribution is 5.29. The van der Waals surface area contributed by atoms with E-state index in [9.17, 15) is 0 Å². The number of nitrogens with zero attached hydrogens (tertiary/aromatic N) is 2. The average molecular weight is 237 g/mol. The molecule has 0 bridgehead atoms. The molecular weight excluding hydrogens is 214 g/mol. The van der Waals surface area contributed by atoms with Crippen molar-refractivity contribution in [3.05, 3.63) is 11.9 Å². The lowest BCUT2D eigenvalue weighted by atomic mass is 10.0. The van der Waals surface area contributed by atoms with Gasteiger partial charge in [-0.1, -0.05) is 0 Å². The third-order valence-corrected chi connectivity index (χ3v) is 3.11. The smallest absolute Gasteiger partial charge is 0.203 e. The Morgan fingerprint density at radius 3 is 2.82 bits per heavy atom. The van der Waals surface area contributed by atoms with Gasteiger partial charge in [0.25, 0.3) is 0 Å². The molecule has 1 N–H and O–H groups in total. The summed E-state index contributed by atoms with van der Waals surface area (Å²) in [5.74, 6) is 1.73. The quantitative estimate of drug-likeness (QED) is 0.874. The molecule has 0 atom stereocenters. The van der Waals surface area contributed by atoms with Crippen molar-refractivity contribution in [3.8, 4) is 0 Å². The Morgan fingerprint density at radius 2 is 2.18 bits per heavy atom. The fourth-order valence-corrected chi connectivity index (χ4v) is 2.27.